The van der Waals surface area contributed by atoms with Crippen LogP contribution in [0.1, 0.15) is 29.2 Å². The molecule has 0 saturated carbocycles. The maximum atomic E-state index is 10.8. The number of fused-ring (bicyclic) bond motifs is 1. The van der Waals surface area contributed by atoms with Crippen LogP contribution in [-0.4, -0.2) is 12.2 Å². The first-order chi connectivity index (χ1) is 12.7. The van der Waals surface area contributed by atoms with Gasteiger partial charge in [0, 0.05) is 0 Å². The Kier molecular flexibility index (Phi) is 4.77. The summed E-state index contributed by atoms with van der Waals surface area (Å²) in [6, 6.07) is 25.2. The van der Waals surface area contributed by atoms with Gasteiger partial charge in [-0.05, 0) is 65.1 Å². The highest BCUT2D eigenvalue weighted by Crippen LogP contribution is 2.38. The van der Waals surface area contributed by atoms with E-state index in [-0.39, 0.29) is 5.92 Å². The first kappa shape index (κ1) is 16.9. The lowest BCUT2D eigenvalue weighted by atomic mass is 9.78. The van der Waals surface area contributed by atoms with Gasteiger partial charge in [0.1, 0.15) is 5.75 Å². The number of aliphatic hydroxyl groups excluding tert-OH is 1. The summed E-state index contributed by atoms with van der Waals surface area (Å²) in [5.41, 5.74) is 6.02. The molecule has 132 valence electrons. The van der Waals surface area contributed by atoms with Gasteiger partial charge in [0.15, 0.2) is 0 Å². The van der Waals surface area contributed by atoms with E-state index >= 15 is 0 Å². The fraction of sp³-hybridized carbons (Fsp3) is 0.250. The lowest BCUT2D eigenvalue weighted by Gasteiger charge is -2.30. The molecule has 1 aliphatic carbocycles. The molecule has 4 rings (SSSR count). The van der Waals surface area contributed by atoms with Crippen LogP contribution in [-0.2, 0) is 12.8 Å². The van der Waals surface area contributed by atoms with Crippen LogP contribution in [0.3, 0.4) is 0 Å². The standard InChI is InChI=1S/C24H24O2/c1-26-22-13-14-23-20(16-22)11-12-21(24(23)25)15-17-7-9-19(10-8-17)18-5-3-2-4-6-18/h2-10,13-14,16,21,24-25H,11-12,15H2,1H3/t21-,24-/m1/s1. The van der Waals surface area contributed by atoms with Crippen LogP contribution in [0.25, 0.3) is 11.1 Å². The van der Waals surface area contributed by atoms with Gasteiger partial charge in [-0.3, -0.25) is 0 Å². The number of ether oxygens (including phenoxy) is 1. The minimum absolute atomic E-state index is 0.262. The number of methoxy groups -OCH3 is 1. The number of aliphatic hydroxyl groups is 1. The third-order valence-electron chi connectivity index (χ3n) is 5.46. The van der Waals surface area contributed by atoms with E-state index in [9.17, 15) is 5.11 Å². The summed E-state index contributed by atoms with van der Waals surface area (Å²) in [7, 11) is 1.68. The smallest absolute Gasteiger partial charge is 0.119 e. The summed E-state index contributed by atoms with van der Waals surface area (Å²) in [4.78, 5) is 0. The van der Waals surface area contributed by atoms with Crippen molar-refractivity contribution in [2.45, 2.75) is 25.4 Å². The Bertz CT molecular complexity index is 868. The quantitative estimate of drug-likeness (QED) is 0.705. The summed E-state index contributed by atoms with van der Waals surface area (Å²) in [5.74, 6) is 1.13. The predicted octanol–water partition coefficient (Wildman–Crippen LogP) is 5.20. The van der Waals surface area contributed by atoms with Crippen LogP contribution in [0.5, 0.6) is 5.75 Å². The molecule has 0 heterocycles. The van der Waals surface area contributed by atoms with E-state index in [1.165, 1.54) is 22.3 Å². The Hall–Kier alpha value is -2.58. The van der Waals surface area contributed by atoms with Crippen molar-refractivity contribution in [1.29, 1.82) is 0 Å². The van der Waals surface area contributed by atoms with E-state index in [1.54, 1.807) is 7.11 Å². The average molecular weight is 344 g/mol. The Morgan fingerprint density at radius 3 is 2.38 bits per heavy atom. The predicted molar refractivity (Wildman–Crippen MR) is 105 cm³/mol. The second-order valence-electron chi connectivity index (χ2n) is 7.08. The van der Waals surface area contributed by atoms with Crippen molar-refractivity contribution in [3.63, 3.8) is 0 Å². The van der Waals surface area contributed by atoms with Gasteiger partial charge < -0.3 is 9.84 Å². The van der Waals surface area contributed by atoms with Crippen LogP contribution in [0.4, 0.5) is 0 Å². The third-order valence-corrected chi connectivity index (χ3v) is 5.46. The molecule has 2 heteroatoms. The van der Waals surface area contributed by atoms with Gasteiger partial charge >= 0.3 is 0 Å². The summed E-state index contributed by atoms with van der Waals surface area (Å²) >= 11 is 0. The molecule has 0 amide bonds. The number of aryl methyl sites for hydroxylation is 1. The van der Waals surface area contributed by atoms with Gasteiger partial charge in [-0.25, -0.2) is 0 Å². The molecule has 2 atom stereocenters. The number of benzene rings is 3. The van der Waals surface area contributed by atoms with Crippen molar-refractivity contribution in [3.05, 3.63) is 89.5 Å². The van der Waals surface area contributed by atoms with E-state index < -0.39 is 6.10 Å². The highest BCUT2D eigenvalue weighted by atomic mass is 16.5. The van der Waals surface area contributed by atoms with Crippen molar-refractivity contribution in [2.75, 3.05) is 7.11 Å². The first-order valence-electron chi connectivity index (χ1n) is 9.24. The van der Waals surface area contributed by atoms with Crippen molar-refractivity contribution >= 4 is 0 Å². The van der Waals surface area contributed by atoms with Gasteiger partial charge in [0.2, 0.25) is 0 Å². The van der Waals surface area contributed by atoms with E-state index in [0.29, 0.717) is 0 Å². The highest BCUT2D eigenvalue weighted by Gasteiger charge is 2.28. The number of rotatable bonds is 4. The van der Waals surface area contributed by atoms with Gasteiger partial charge in [0.05, 0.1) is 13.2 Å². The molecule has 0 aromatic heterocycles. The molecule has 26 heavy (non-hydrogen) atoms. The summed E-state index contributed by atoms with van der Waals surface area (Å²) in [6.45, 7) is 0. The summed E-state index contributed by atoms with van der Waals surface area (Å²) in [5, 5.41) is 10.8. The topological polar surface area (TPSA) is 29.5 Å². The number of hydrogen-bond donors (Lipinski definition) is 1. The SMILES string of the molecule is COc1ccc2c(c1)CC[C@H](Cc1ccc(-c3ccccc3)cc1)[C@H]2O. The number of hydrogen-bond acceptors (Lipinski definition) is 2. The van der Waals surface area contributed by atoms with Crippen molar-refractivity contribution in [3.8, 4) is 16.9 Å². The second kappa shape index (κ2) is 7.35. The summed E-state index contributed by atoms with van der Waals surface area (Å²) in [6.07, 6.45) is 2.50. The van der Waals surface area contributed by atoms with Crippen LogP contribution in [0, 0.1) is 5.92 Å². The Balaban J connectivity index is 1.49. The first-order valence-corrected chi connectivity index (χ1v) is 9.24. The van der Waals surface area contributed by atoms with E-state index in [2.05, 4.69) is 54.6 Å². The molecule has 1 aliphatic rings. The lowest BCUT2D eigenvalue weighted by Crippen LogP contribution is -2.22. The average Bonchev–Trinajstić information content (AvgIpc) is 2.71. The van der Waals surface area contributed by atoms with E-state index in [4.69, 9.17) is 4.74 Å². The molecule has 0 bridgehead atoms. The molecule has 0 spiro atoms. The van der Waals surface area contributed by atoms with Gasteiger partial charge in [-0.2, -0.15) is 0 Å². The molecule has 0 unspecified atom stereocenters. The van der Waals surface area contributed by atoms with Crippen LogP contribution in [0.15, 0.2) is 72.8 Å². The molecule has 3 aromatic carbocycles. The van der Waals surface area contributed by atoms with Crippen LogP contribution < -0.4 is 4.74 Å². The van der Waals surface area contributed by atoms with Crippen molar-refractivity contribution < 1.29 is 9.84 Å². The van der Waals surface area contributed by atoms with Gasteiger partial charge in [-0.15, -0.1) is 0 Å². The zero-order chi connectivity index (χ0) is 17.9. The lowest BCUT2D eigenvalue weighted by molar-refractivity contribution is 0.0935. The van der Waals surface area contributed by atoms with Crippen molar-refractivity contribution in [2.24, 2.45) is 5.92 Å². The summed E-state index contributed by atoms with van der Waals surface area (Å²) < 4.78 is 5.30. The van der Waals surface area contributed by atoms with Crippen LogP contribution in [0.2, 0.25) is 0 Å². The third kappa shape index (κ3) is 3.38. The van der Waals surface area contributed by atoms with Crippen LogP contribution >= 0.6 is 0 Å². The fourth-order valence-electron chi connectivity index (χ4n) is 3.95. The normalized spacial score (nSPS) is 19.0. The minimum Gasteiger partial charge on any atom is -0.497 e. The minimum atomic E-state index is -0.404. The Morgan fingerprint density at radius 1 is 0.923 bits per heavy atom. The van der Waals surface area contributed by atoms with Gasteiger partial charge in [-0.1, -0.05) is 60.7 Å². The molecule has 3 aromatic rings. The van der Waals surface area contributed by atoms with Crippen molar-refractivity contribution in [1.82, 2.24) is 0 Å². The Morgan fingerprint density at radius 2 is 1.65 bits per heavy atom. The molecule has 0 radical (unpaired) electrons. The Labute approximate surface area is 155 Å². The van der Waals surface area contributed by atoms with E-state index in [1.807, 2.05) is 18.2 Å². The largest absolute Gasteiger partial charge is 0.497 e. The monoisotopic (exact) mass is 344 g/mol. The molecular formula is C24H24O2. The van der Waals surface area contributed by atoms with Gasteiger partial charge in [0.25, 0.3) is 0 Å². The molecule has 1 N–H and O–H groups in total. The van der Waals surface area contributed by atoms with E-state index in [0.717, 1.165) is 30.6 Å². The molecule has 0 aliphatic heterocycles. The molecular weight excluding hydrogens is 320 g/mol. The fourth-order valence-corrected chi connectivity index (χ4v) is 3.95. The maximum absolute atomic E-state index is 10.8. The molecule has 0 saturated heterocycles. The zero-order valence-electron chi connectivity index (χ0n) is 15.1. The molecule has 2 nitrogen and oxygen atoms in total. The zero-order valence-corrected chi connectivity index (χ0v) is 15.1. The second-order valence-corrected chi connectivity index (χ2v) is 7.08. The highest BCUT2D eigenvalue weighted by molar-refractivity contribution is 5.63. The molecule has 0 fully saturated rings. The maximum Gasteiger partial charge on any atom is 0.119 e.